The second-order valence-corrected chi connectivity index (χ2v) is 5.41. The topological polar surface area (TPSA) is 60.4 Å². The van der Waals surface area contributed by atoms with E-state index < -0.39 is 0 Å². The van der Waals surface area contributed by atoms with Gasteiger partial charge >= 0.3 is 5.97 Å². The number of esters is 1. The predicted molar refractivity (Wildman–Crippen MR) is 84.7 cm³/mol. The lowest BCUT2D eigenvalue weighted by Gasteiger charge is -2.13. The van der Waals surface area contributed by atoms with Crippen LogP contribution in [0, 0.1) is 5.92 Å². The van der Waals surface area contributed by atoms with Gasteiger partial charge < -0.3 is 4.74 Å². The zero-order valence-corrected chi connectivity index (χ0v) is 13.3. The van der Waals surface area contributed by atoms with Crippen molar-refractivity contribution in [1.82, 2.24) is 0 Å². The Kier molecular flexibility index (Phi) is 8.11. The van der Waals surface area contributed by atoms with Crippen molar-refractivity contribution < 1.29 is 19.1 Å². The van der Waals surface area contributed by atoms with Crippen molar-refractivity contribution in [2.24, 2.45) is 5.92 Å². The van der Waals surface area contributed by atoms with E-state index in [2.05, 4.69) is 6.92 Å². The van der Waals surface area contributed by atoms with E-state index >= 15 is 0 Å². The summed E-state index contributed by atoms with van der Waals surface area (Å²) in [4.78, 5) is 35.6. The van der Waals surface area contributed by atoms with Gasteiger partial charge in [0.15, 0.2) is 5.78 Å². The van der Waals surface area contributed by atoms with Crippen LogP contribution in [0.2, 0.25) is 0 Å². The Morgan fingerprint density at radius 1 is 1.09 bits per heavy atom. The number of ketones is 2. The van der Waals surface area contributed by atoms with Crippen LogP contribution in [0.25, 0.3) is 0 Å². The van der Waals surface area contributed by atoms with E-state index in [0.717, 1.165) is 19.3 Å². The first-order valence-electron chi connectivity index (χ1n) is 7.76. The molecule has 1 aromatic rings. The third-order valence-electron chi connectivity index (χ3n) is 3.67. The van der Waals surface area contributed by atoms with Crippen molar-refractivity contribution in [2.45, 2.75) is 45.4 Å². The van der Waals surface area contributed by atoms with Crippen LogP contribution < -0.4 is 0 Å². The van der Waals surface area contributed by atoms with Gasteiger partial charge in [0.2, 0.25) is 0 Å². The molecule has 1 atom stereocenters. The summed E-state index contributed by atoms with van der Waals surface area (Å²) in [6.45, 7) is 2.05. The molecule has 0 fully saturated rings. The van der Waals surface area contributed by atoms with Gasteiger partial charge in [0.25, 0.3) is 0 Å². The SMILES string of the molecule is CCCCC(CCC(=O)CC(=O)c1ccccc1)C(=O)OC. The van der Waals surface area contributed by atoms with Gasteiger partial charge in [-0.2, -0.15) is 0 Å². The maximum Gasteiger partial charge on any atom is 0.308 e. The van der Waals surface area contributed by atoms with Gasteiger partial charge in [-0.15, -0.1) is 0 Å². The van der Waals surface area contributed by atoms with E-state index in [0.29, 0.717) is 12.0 Å². The number of benzene rings is 1. The lowest BCUT2D eigenvalue weighted by atomic mass is 9.94. The summed E-state index contributed by atoms with van der Waals surface area (Å²) >= 11 is 0. The highest BCUT2D eigenvalue weighted by Crippen LogP contribution is 2.18. The van der Waals surface area contributed by atoms with Gasteiger partial charge in [0, 0.05) is 12.0 Å². The largest absolute Gasteiger partial charge is 0.469 e. The fraction of sp³-hybridized carbons (Fsp3) is 0.500. The first kappa shape index (κ1) is 18.1. The van der Waals surface area contributed by atoms with Crippen LogP contribution >= 0.6 is 0 Å². The lowest BCUT2D eigenvalue weighted by molar-refractivity contribution is -0.146. The molecule has 1 rings (SSSR count). The monoisotopic (exact) mass is 304 g/mol. The molecule has 0 saturated heterocycles. The molecule has 120 valence electrons. The molecule has 0 saturated carbocycles. The molecule has 22 heavy (non-hydrogen) atoms. The first-order valence-corrected chi connectivity index (χ1v) is 7.76. The molecule has 4 nitrogen and oxygen atoms in total. The molecule has 0 aromatic heterocycles. The van der Waals surface area contributed by atoms with Gasteiger partial charge in [-0.25, -0.2) is 0 Å². The number of ether oxygens (including phenoxy) is 1. The minimum absolute atomic E-state index is 0.105. The van der Waals surface area contributed by atoms with Crippen molar-refractivity contribution >= 4 is 17.5 Å². The highest BCUT2D eigenvalue weighted by molar-refractivity contribution is 6.07. The highest BCUT2D eigenvalue weighted by Gasteiger charge is 2.20. The molecule has 4 heteroatoms. The van der Waals surface area contributed by atoms with Crippen LogP contribution in [0.15, 0.2) is 30.3 Å². The summed E-state index contributed by atoms with van der Waals surface area (Å²) in [5.41, 5.74) is 0.548. The van der Waals surface area contributed by atoms with Crippen LogP contribution in [0.4, 0.5) is 0 Å². The zero-order chi connectivity index (χ0) is 16.4. The maximum atomic E-state index is 11.9. The summed E-state index contributed by atoms with van der Waals surface area (Å²) in [6, 6.07) is 8.78. The van der Waals surface area contributed by atoms with Gasteiger partial charge in [-0.3, -0.25) is 14.4 Å². The highest BCUT2D eigenvalue weighted by atomic mass is 16.5. The molecule has 0 heterocycles. The number of carbonyl (C=O) groups excluding carboxylic acids is 3. The molecule has 0 aliphatic carbocycles. The fourth-order valence-electron chi connectivity index (χ4n) is 2.33. The molecule has 0 N–H and O–H groups in total. The van der Waals surface area contributed by atoms with E-state index in [1.807, 2.05) is 6.07 Å². The Morgan fingerprint density at radius 3 is 2.36 bits per heavy atom. The molecule has 0 radical (unpaired) electrons. The van der Waals surface area contributed by atoms with E-state index in [1.165, 1.54) is 7.11 Å². The second-order valence-electron chi connectivity index (χ2n) is 5.41. The second kappa shape index (κ2) is 9.87. The van der Waals surface area contributed by atoms with Crippen molar-refractivity contribution in [3.63, 3.8) is 0 Å². The number of Topliss-reactive ketones (excluding diaryl/α,β-unsaturated/α-hetero) is 2. The first-order chi connectivity index (χ1) is 10.6. The van der Waals surface area contributed by atoms with Crippen LogP contribution in [-0.4, -0.2) is 24.6 Å². The van der Waals surface area contributed by atoms with Gasteiger partial charge in [-0.1, -0.05) is 50.1 Å². The van der Waals surface area contributed by atoms with Crippen molar-refractivity contribution in [2.75, 3.05) is 7.11 Å². The smallest absolute Gasteiger partial charge is 0.308 e. The summed E-state index contributed by atoms with van der Waals surface area (Å²) in [5, 5.41) is 0. The molecule has 1 aromatic carbocycles. The van der Waals surface area contributed by atoms with E-state index in [1.54, 1.807) is 24.3 Å². The minimum Gasteiger partial charge on any atom is -0.469 e. The number of rotatable bonds is 10. The Labute approximate surface area is 131 Å². The molecule has 0 aliphatic rings. The maximum absolute atomic E-state index is 11.9. The standard InChI is InChI=1S/C18H24O4/c1-3-4-8-15(18(21)22-2)11-12-16(19)13-17(20)14-9-6-5-7-10-14/h5-7,9-10,15H,3-4,8,11-13H2,1-2H3. The summed E-state index contributed by atoms with van der Waals surface area (Å²) in [7, 11) is 1.36. The third kappa shape index (κ3) is 6.20. The number of methoxy groups -OCH3 is 1. The van der Waals surface area contributed by atoms with Crippen LogP contribution in [0.5, 0.6) is 0 Å². The number of unbranched alkanes of at least 4 members (excludes halogenated alkanes) is 1. The summed E-state index contributed by atoms with van der Waals surface area (Å²) < 4.78 is 4.77. The van der Waals surface area contributed by atoms with E-state index in [-0.39, 0.29) is 36.3 Å². The van der Waals surface area contributed by atoms with E-state index in [9.17, 15) is 14.4 Å². The van der Waals surface area contributed by atoms with Crippen molar-refractivity contribution in [3.05, 3.63) is 35.9 Å². The van der Waals surface area contributed by atoms with E-state index in [4.69, 9.17) is 4.74 Å². The van der Waals surface area contributed by atoms with Gasteiger partial charge in [0.1, 0.15) is 5.78 Å². The Balaban J connectivity index is 2.46. The van der Waals surface area contributed by atoms with Gasteiger partial charge in [-0.05, 0) is 12.8 Å². The Morgan fingerprint density at radius 2 is 1.77 bits per heavy atom. The van der Waals surface area contributed by atoms with Crippen LogP contribution in [0.1, 0.15) is 55.8 Å². The van der Waals surface area contributed by atoms with Crippen LogP contribution in [-0.2, 0) is 14.3 Å². The number of hydrogen-bond acceptors (Lipinski definition) is 4. The Bertz CT molecular complexity index is 493. The summed E-state index contributed by atoms with van der Waals surface area (Å²) in [5.74, 6) is -0.815. The molecule has 0 aliphatic heterocycles. The zero-order valence-electron chi connectivity index (χ0n) is 13.3. The Hall–Kier alpha value is -1.97. The average molecular weight is 304 g/mol. The lowest BCUT2D eigenvalue weighted by Crippen LogP contribution is -2.18. The predicted octanol–water partition coefficient (Wildman–Crippen LogP) is 3.59. The number of carbonyl (C=O) groups is 3. The third-order valence-corrected chi connectivity index (χ3v) is 3.67. The van der Waals surface area contributed by atoms with Gasteiger partial charge in [0.05, 0.1) is 19.4 Å². The molecule has 0 spiro atoms. The molecule has 1 unspecified atom stereocenters. The number of hydrogen-bond donors (Lipinski definition) is 0. The normalized spacial score (nSPS) is 11.7. The molecule has 0 bridgehead atoms. The minimum atomic E-state index is -0.268. The van der Waals surface area contributed by atoms with Crippen molar-refractivity contribution in [3.8, 4) is 0 Å². The van der Waals surface area contributed by atoms with Crippen molar-refractivity contribution in [1.29, 1.82) is 0 Å². The molecular formula is C18H24O4. The fourth-order valence-corrected chi connectivity index (χ4v) is 2.33. The molecule has 0 amide bonds. The van der Waals surface area contributed by atoms with Crippen LogP contribution in [0.3, 0.4) is 0 Å². The summed E-state index contributed by atoms with van der Waals surface area (Å²) in [6.07, 6.45) is 3.23. The quantitative estimate of drug-likeness (QED) is 0.376. The average Bonchev–Trinajstić information content (AvgIpc) is 2.55. The molecular weight excluding hydrogens is 280 g/mol.